The van der Waals surface area contributed by atoms with E-state index in [0.717, 1.165) is 39.0 Å². The summed E-state index contributed by atoms with van der Waals surface area (Å²) in [6, 6.07) is 0.276. The second kappa shape index (κ2) is 9.72. The number of hydrogen-bond acceptors (Lipinski definition) is 6. The first-order chi connectivity index (χ1) is 9.69. The molecule has 0 aliphatic heterocycles. The van der Waals surface area contributed by atoms with Gasteiger partial charge in [0.2, 0.25) is 11.2 Å². The number of halogens is 1. The maximum absolute atomic E-state index is 5.85. The molecule has 0 bridgehead atoms. The minimum absolute atomic E-state index is 0.150. The molecule has 6 nitrogen and oxygen atoms in total. The van der Waals surface area contributed by atoms with Crippen molar-refractivity contribution in [2.24, 2.45) is 0 Å². The molecule has 1 aromatic heterocycles. The maximum atomic E-state index is 5.85. The van der Waals surface area contributed by atoms with Gasteiger partial charge in [0.15, 0.2) is 0 Å². The number of aromatic nitrogens is 3. The van der Waals surface area contributed by atoms with Crippen LogP contribution in [0.2, 0.25) is 5.28 Å². The van der Waals surface area contributed by atoms with Crippen LogP contribution < -0.4 is 10.1 Å². The fraction of sp³-hybridized carbons (Fsp3) is 0.769. The first-order valence-corrected chi connectivity index (χ1v) is 7.57. The highest BCUT2D eigenvalue weighted by Gasteiger charge is 2.05. The monoisotopic (exact) mass is 301 g/mol. The molecule has 0 aliphatic rings. The van der Waals surface area contributed by atoms with Crippen molar-refractivity contribution in [2.45, 2.75) is 33.6 Å². The highest BCUT2D eigenvalue weighted by Crippen LogP contribution is 2.11. The summed E-state index contributed by atoms with van der Waals surface area (Å²) in [5, 5.41) is 3.30. The summed E-state index contributed by atoms with van der Waals surface area (Å²) < 4.78 is 5.36. The van der Waals surface area contributed by atoms with Crippen LogP contribution in [0.5, 0.6) is 6.01 Å². The SMILES string of the molecule is CCCOc1nc(Cl)nc(NCCCN(CC)CC)n1. The van der Waals surface area contributed by atoms with Gasteiger partial charge in [-0.25, -0.2) is 0 Å². The van der Waals surface area contributed by atoms with Crippen LogP contribution in [-0.2, 0) is 0 Å². The summed E-state index contributed by atoms with van der Waals surface area (Å²) in [5.74, 6) is 0.468. The quantitative estimate of drug-likeness (QED) is 0.670. The lowest BCUT2D eigenvalue weighted by atomic mass is 10.3. The van der Waals surface area contributed by atoms with Crippen molar-refractivity contribution < 1.29 is 4.74 Å². The molecule has 0 amide bonds. The Bertz CT molecular complexity index is 387. The average molecular weight is 302 g/mol. The van der Waals surface area contributed by atoms with Crippen molar-refractivity contribution in [2.75, 3.05) is 38.1 Å². The van der Waals surface area contributed by atoms with Gasteiger partial charge < -0.3 is 15.0 Å². The van der Waals surface area contributed by atoms with Crippen LogP contribution in [0.25, 0.3) is 0 Å². The maximum Gasteiger partial charge on any atom is 0.322 e. The number of ether oxygens (including phenoxy) is 1. The molecule has 0 radical (unpaired) electrons. The largest absolute Gasteiger partial charge is 0.463 e. The lowest BCUT2D eigenvalue weighted by molar-refractivity contribution is 0.291. The van der Waals surface area contributed by atoms with Gasteiger partial charge in [-0.05, 0) is 44.1 Å². The van der Waals surface area contributed by atoms with Gasteiger partial charge in [-0.1, -0.05) is 20.8 Å². The molecule has 1 heterocycles. The molecule has 1 N–H and O–H groups in total. The van der Waals surface area contributed by atoms with Crippen molar-refractivity contribution >= 4 is 17.5 Å². The Morgan fingerprint density at radius 2 is 1.90 bits per heavy atom. The smallest absolute Gasteiger partial charge is 0.322 e. The van der Waals surface area contributed by atoms with E-state index in [1.54, 1.807) is 0 Å². The first kappa shape index (κ1) is 16.9. The zero-order chi connectivity index (χ0) is 14.8. The molecule has 0 aromatic carbocycles. The molecule has 0 unspecified atom stereocenters. The zero-order valence-corrected chi connectivity index (χ0v) is 13.3. The van der Waals surface area contributed by atoms with Gasteiger partial charge in [-0.15, -0.1) is 0 Å². The lowest BCUT2D eigenvalue weighted by Crippen LogP contribution is -2.25. The summed E-state index contributed by atoms with van der Waals surface area (Å²) >= 11 is 5.85. The van der Waals surface area contributed by atoms with Gasteiger partial charge in [0, 0.05) is 6.54 Å². The third-order valence-electron chi connectivity index (χ3n) is 2.85. The van der Waals surface area contributed by atoms with Gasteiger partial charge in [0.25, 0.3) is 0 Å². The van der Waals surface area contributed by atoms with E-state index < -0.39 is 0 Å². The summed E-state index contributed by atoms with van der Waals surface area (Å²) in [6.45, 7) is 10.9. The van der Waals surface area contributed by atoms with Gasteiger partial charge in [-0.2, -0.15) is 15.0 Å². The van der Waals surface area contributed by atoms with E-state index in [4.69, 9.17) is 16.3 Å². The Morgan fingerprint density at radius 3 is 2.55 bits per heavy atom. The number of nitrogens with one attached hydrogen (secondary N) is 1. The molecule has 114 valence electrons. The second-order valence-corrected chi connectivity index (χ2v) is 4.70. The summed E-state index contributed by atoms with van der Waals surface area (Å²) in [7, 11) is 0. The van der Waals surface area contributed by atoms with Gasteiger partial charge in [0.1, 0.15) is 0 Å². The van der Waals surface area contributed by atoms with E-state index in [2.05, 4.69) is 39.0 Å². The summed E-state index contributed by atoms with van der Waals surface area (Å²) in [6.07, 6.45) is 1.92. The predicted molar refractivity (Wildman–Crippen MR) is 81.5 cm³/mol. The van der Waals surface area contributed by atoms with Crippen LogP contribution in [0, 0.1) is 0 Å². The average Bonchev–Trinajstić information content (AvgIpc) is 2.45. The molecule has 0 saturated carbocycles. The normalized spacial score (nSPS) is 10.8. The molecule has 1 aromatic rings. The molecule has 0 atom stereocenters. The molecular weight excluding hydrogens is 278 g/mol. The molecule has 0 fully saturated rings. The summed E-state index contributed by atoms with van der Waals surface area (Å²) in [5.41, 5.74) is 0. The fourth-order valence-corrected chi connectivity index (χ4v) is 1.86. The predicted octanol–water partition coefficient (Wildman–Crippen LogP) is 2.46. The molecule has 20 heavy (non-hydrogen) atoms. The number of anilines is 1. The number of hydrogen-bond donors (Lipinski definition) is 1. The van der Waals surface area contributed by atoms with E-state index in [1.807, 2.05) is 6.92 Å². The van der Waals surface area contributed by atoms with Gasteiger partial charge in [-0.3, -0.25) is 0 Å². The molecule has 7 heteroatoms. The highest BCUT2D eigenvalue weighted by atomic mass is 35.5. The Labute approximate surface area is 125 Å². The first-order valence-electron chi connectivity index (χ1n) is 7.20. The van der Waals surface area contributed by atoms with Crippen LogP contribution in [0.3, 0.4) is 0 Å². The lowest BCUT2D eigenvalue weighted by Gasteiger charge is -2.17. The minimum atomic E-state index is 0.150. The van der Waals surface area contributed by atoms with Crippen molar-refractivity contribution in [1.29, 1.82) is 0 Å². The Morgan fingerprint density at radius 1 is 1.15 bits per heavy atom. The van der Waals surface area contributed by atoms with Crippen molar-refractivity contribution in [3.63, 3.8) is 0 Å². The number of nitrogens with zero attached hydrogens (tertiary/aromatic N) is 4. The van der Waals surface area contributed by atoms with Crippen LogP contribution in [0.4, 0.5) is 5.95 Å². The second-order valence-electron chi connectivity index (χ2n) is 4.37. The third-order valence-corrected chi connectivity index (χ3v) is 3.02. The minimum Gasteiger partial charge on any atom is -0.463 e. The van der Waals surface area contributed by atoms with Crippen LogP contribution in [0.1, 0.15) is 33.6 Å². The van der Waals surface area contributed by atoms with E-state index in [0.29, 0.717) is 12.6 Å². The standard InChI is InChI=1S/C13H24ClN5O/c1-4-10-20-13-17-11(14)16-12(18-13)15-8-7-9-19(5-2)6-3/h4-10H2,1-3H3,(H,15,16,17,18). The molecule has 1 rings (SSSR count). The van der Waals surface area contributed by atoms with E-state index in [1.165, 1.54) is 0 Å². The van der Waals surface area contributed by atoms with Crippen LogP contribution in [0.15, 0.2) is 0 Å². The Hall–Kier alpha value is -1.14. The van der Waals surface area contributed by atoms with Gasteiger partial charge in [0.05, 0.1) is 6.61 Å². The van der Waals surface area contributed by atoms with E-state index in [9.17, 15) is 0 Å². The molecule has 0 aliphatic carbocycles. The Balaban J connectivity index is 2.41. The van der Waals surface area contributed by atoms with Crippen LogP contribution >= 0.6 is 11.6 Å². The fourth-order valence-electron chi connectivity index (χ4n) is 1.71. The van der Waals surface area contributed by atoms with Crippen molar-refractivity contribution in [1.82, 2.24) is 19.9 Å². The van der Waals surface area contributed by atoms with Crippen molar-refractivity contribution in [3.05, 3.63) is 5.28 Å². The van der Waals surface area contributed by atoms with E-state index in [-0.39, 0.29) is 11.3 Å². The van der Waals surface area contributed by atoms with Crippen LogP contribution in [-0.4, -0.2) is 52.6 Å². The third kappa shape index (κ3) is 6.34. The summed E-state index contributed by atoms with van der Waals surface area (Å²) in [4.78, 5) is 14.5. The molecule has 0 saturated heterocycles. The number of rotatable bonds is 10. The van der Waals surface area contributed by atoms with Crippen molar-refractivity contribution in [3.8, 4) is 6.01 Å². The molecule has 0 spiro atoms. The molecular formula is C13H24ClN5O. The van der Waals surface area contributed by atoms with Gasteiger partial charge >= 0.3 is 6.01 Å². The van der Waals surface area contributed by atoms with E-state index >= 15 is 0 Å². The highest BCUT2D eigenvalue weighted by molar-refractivity contribution is 6.28. The topological polar surface area (TPSA) is 63.2 Å². The Kier molecular flexibility index (Phi) is 8.22. The zero-order valence-electron chi connectivity index (χ0n) is 12.5.